The molecule has 1 aromatic heterocycles. The van der Waals surface area contributed by atoms with E-state index in [9.17, 15) is 4.79 Å². The van der Waals surface area contributed by atoms with Gasteiger partial charge in [-0.05, 0) is 36.1 Å². The fourth-order valence-corrected chi connectivity index (χ4v) is 5.17. The van der Waals surface area contributed by atoms with Crippen molar-refractivity contribution in [2.75, 3.05) is 0 Å². The van der Waals surface area contributed by atoms with E-state index >= 15 is 0 Å². The lowest BCUT2D eigenvalue weighted by Crippen LogP contribution is -2.34. The van der Waals surface area contributed by atoms with Crippen molar-refractivity contribution in [2.45, 2.75) is 44.0 Å². The number of thiazole rings is 1. The monoisotopic (exact) mass is 434 g/mol. The molecule has 4 rings (SSSR count). The van der Waals surface area contributed by atoms with Crippen molar-refractivity contribution in [1.29, 1.82) is 0 Å². The van der Waals surface area contributed by atoms with Crippen molar-refractivity contribution < 1.29 is 4.79 Å². The summed E-state index contributed by atoms with van der Waals surface area (Å²) in [6, 6.07) is 16.5. The molecule has 1 aliphatic carbocycles. The number of fused-ring (bicyclic) bond motifs is 1. The largest absolute Gasteiger partial charge is 0.382 e. The molecule has 3 nitrogen and oxygen atoms in total. The Balaban J connectivity index is 1.48. The second-order valence-corrected chi connectivity index (χ2v) is 9.44. The van der Waals surface area contributed by atoms with Gasteiger partial charge in [0.2, 0.25) is 0 Å². The minimum atomic E-state index is -0.253. The van der Waals surface area contributed by atoms with E-state index < -0.39 is 0 Å². The van der Waals surface area contributed by atoms with Gasteiger partial charge in [-0.2, -0.15) is 0 Å². The normalized spacial score (nSPS) is 14.3. The van der Waals surface area contributed by atoms with Gasteiger partial charge in [-0.25, -0.2) is 4.98 Å². The molecular formula is C25H26N2OS2. The highest BCUT2D eigenvalue weighted by Crippen LogP contribution is 2.44. The summed E-state index contributed by atoms with van der Waals surface area (Å²) in [5.74, 6) is 0.286. The fourth-order valence-electron chi connectivity index (χ4n) is 4.20. The van der Waals surface area contributed by atoms with Gasteiger partial charge in [-0.15, -0.1) is 24.0 Å². The number of nitrogens with zero attached hydrogens (tertiary/aromatic N) is 1. The van der Waals surface area contributed by atoms with E-state index in [1.165, 1.54) is 11.1 Å². The first-order chi connectivity index (χ1) is 14.5. The summed E-state index contributed by atoms with van der Waals surface area (Å²) < 4.78 is 0. The Bertz CT molecular complexity index is 1060. The van der Waals surface area contributed by atoms with E-state index in [1.54, 1.807) is 11.3 Å². The van der Waals surface area contributed by atoms with Crippen LogP contribution in [0.15, 0.2) is 71.1 Å². The van der Waals surface area contributed by atoms with Crippen LogP contribution in [0.2, 0.25) is 0 Å². The summed E-state index contributed by atoms with van der Waals surface area (Å²) in [5.41, 5.74) is 5.37. The van der Waals surface area contributed by atoms with E-state index in [2.05, 4.69) is 54.2 Å². The highest BCUT2D eigenvalue weighted by Gasteiger charge is 2.41. The molecule has 0 amide bonds. The quantitative estimate of drug-likeness (QED) is 0.437. The first-order valence-corrected chi connectivity index (χ1v) is 11.6. The topological polar surface area (TPSA) is 42.0 Å². The summed E-state index contributed by atoms with van der Waals surface area (Å²) in [4.78, 5) is 18.1. The molecule has 5 heteroatoms. The van der Waals surface area contributed by atoms with E-state index in [1.807, 2.05) is 31.2 Å². The van der Waals surface area contributed by atoms with Gasteiger partial charge in [0.1, 0.15) is 10.8 Å². The molecule has 0 spiro atoms. The Labute approximate surface area is 187 Å². The number of nitrogens with one attached hydrogen (secondary N) is 1. The van der Waals surface area contributed by atoms with Gasteiger partial charge < -0.3 is 5.32 Å². The van der Waals surface area contributed by atoms with Gasteiger partial charge in [0.25, 0.3) is 0 Å². The number of ketones is 1. The van der Waals surface area contributed by atoms with Crippen LogP contribution in [-0.2, 0) is 24.2 Å². The number of rotatable bonds is 8. The average molecular weight is 435 g/mol. The lowest BCUT2D eigenvalue weighted by atomic mass is 9.76. The molecule has 1 N–H and O–H groups in total. The second kappa shape index (κ2) is 8.78. The summed E-state index contributed by atoms with van der Waals surface area (Å²) in [7, 11) is 0. The van der Waals surface area contributed by atoms with Crippen LogP contribution < -0.4 is 5.32 Å². The van der Waals surface area contributed by atoms with E-state index in [0.29, 0.717) is 19.4 Å². The zero-order chi connectivity index (χ0) is 21.1. The number of aromatic nitrogens is 1. The van der Waals surface area contributed by atoms with Crippen LogP contribution in [0.1, 0.15) is 35.9 Å². The van der Waals surface area contributed by atoms with Crippen LogP contribution in [0, 0.1) is 5.41 Å². The van der Waals surface area contributed by atoms with Crippen molar-refractivity contribution in [2.24, 2.45) is 5.41 Å². The number of hydrogen-bond donors (Lipinski definition) is 2. The number of benzene rings is 2. The van der Waals surface area contributed by atoms with E-state index in [-0.39, 0.29) is 11.2 Å². The van der Waals surface area contributed by atoms with Crippen LogP contribution in [-0.4, -0.2) is 10.8 Å². The molecule has 2 aromatic carbocycles. The summed E-state index contributed by atoms with van der Waals surface area (Å²) in [5, 5.41) is 6.58. The maximum atomic E-state index is 12.4. The van der Waals surface area contributed by atoms with Crippen molar-refractivity contribution in [3.63, 3.8) is 0 Å². The maximum Gasteiger partial charge on any atom is 0.133 e. The van der Waals surface area contributed by atoms with Gasteiger partial charge in [0.05, 0.1) is 12.2 Å². The first kappa shape index (κ1) is 20.9. The lowest BCUT2D eigenvalue weighted by molar-refractivity contribution is -0.120. The second-order valence-electron chi connectivity index (χ2n) is 7.98. The van der Waals surface area contributed by atoms with Gasteiger partial charge >= 0.3 is 0 Å². The summed E-state index contributed by atoms with van der Waals surface area (Å²) in [6.07, 6.45) is 2.81. The van der Waals surface area contributed by atoms with Crippen molar-refractivity contribution in [3.8, 4) is 11.3 Å². The smallest absolute Gasteiger partial charge is 0.133 e. The third kappa shape index (κ3) is 4.37. The minimum Gasteiger partial charge on any atom is -0.382 e. The Morgan fingerprint density at radius 3 is 2.60 bits per heavy atom. The maximum absolute atomic E-state index is 12.4. The highest BCUT2D eigenvalue weighted by atomic mass is 32.1. The van der Waals surface area contributed by atoms with Crippen LogP contribution >= 0.6 is 24.0 Å². The van der Waals surface area contributed by atoms with Gasteiger partial charge in [0.15, 0.2) is 0 Å². The third-order valence-electron chi connectivity index (χ3n) is 5.89. The molecule has 0 saturated carbocycles. The summed E-state index contributed by atoms with van der Waals surface area (Å²) >= 11 is 6.05. The molecule has 0 saturated heterocycles. The Morgan fingerprint density at radius 1 is 1.20 bits per heavy atom. The van der Waals surface area contributed by atoms with Crippen LogP contribution in [0.3, 0.4) is 0 Å². The molecule has 0 radical (unpaired) electrons. The van der Waals surface area contributed by atoms with Crippen molar-refractivity contribution >= 4 is 29.7 Å². The van der Waals surface area contributed by atoms with Crippen LogP contribution in [0.25, 0.3) is 11.3 Å². The number of thiol groups is 1. The Kier molecular flexibility index (Phi) is 6.11. The minimum absolute atomic E-state index is 0.253. The fraction of sp³-hybridized carbons (Fsp3) is 0.280. The molecular weight excluding hydrogens is 408 g/mol. The van der Waals surface area contributed by atoms with Crippen molar-refractivity contribution in [3.05, 3.63) is 82.3 Å². The molecule has 0 atom stereocenters. The number of Topliss-reactive ketones (excluding diaryl/α,β-unsaturated/α-hetero) is 1. The Morgan fingerprint density at radius 2 is 1.93 bits per heavy atom. The van der Waals surface area contributed by atoms with E-state index in [4.69, 9.17) is 4.98 Å². The highest BCUT2D eigenvalue weighted by molar-refractivity contribution is 7.80. The van der Waals surface area contributed by atoms with Gasteiger partial charge in [-0.3, -0.25) is 4.79 Å². The summed E-state index contributed by atoms with van der Waals surface area (Å²) in [6.45, 7) is 6.92. The average Bonchev–Trinajstić information content (AvgIpc) is 3.37. The predicted molar refractivity (Wildman–Crippen MR) is 127 cm³/mol. The van der Waals surface area contributed by atoms with Crippen LogP contribution in [0.5, 0.6) is 0 Å². The Hall–Kier alpha value is -2.37. The van der Waals surface area contributed by atoms with Gasteiger partial charge in [-0.1, -0.05) is 49.9 Å². The van der Waals surface area contributed by atoms with E-state index in [0.717, 1.165) is 39.7 Å². The molecule has 154 valence electrons. The first-order valence-electron chi connectivity index (χ1n) is 10.2. The number of allylic oxidation sites excluding steroid dienone is 1. The predicted octanol–water partition coefficient (Wildman–Crippen LogP) is 5.86. The number of carbonyl (C=O) groups is 1. The molecule has 0 unspecified atom stereocenters. The SMILES string of the molecule is C=C(NCc1nc(-c2cccc(S)c2)cs1)C1(CC(=O)CC)Cc2ccccc2C1. The van der Waals surface area contributed by atoms with Crippen LogP contribution in [0.4, 0.5) is 0 Å². The van der Waals surface area contributed by atoms with Crippen molar-refractivity contribution in [1.82, 2.24) is 10.3 Å². The molecule has 0 aliphatic heterocycles. The molecule has 1 aliphatic rings. The number of hydrogen-bond acceptors (Lipinski definition) is 5. The molecule has 0 fully saturated rings. The standard InChI is InChI=1S/C25H26N2OS2/c1-3-21(28)14-25(12-19-7-4-5-8-20(19)13-25)17(2)26-15-24-27-23(16-30-24)18-9-6-10-22(29)11-18/h4-11,16,26,29H,2-3,12-15H2,1H3. The lowest BCUT2D eigenvalue weighted by Gasteiger charge is -2.31. The molecule has 0 bridgehead atoms. The molecule has 30 heavy (non-hydrogen) atoms. The zero-order valence-corrected chi connectivity index (χ0v) is 18.9. The molecule has 3 aromatic rings. The number of carbonyl (C=O) groups excluding carboxylic acids is 1. The molecule has 1 heterocycles. The zero-order valence-electron chi connectivity index (χ0n) is 17.1. The van der Waals surface area contributed by atoms with Gasteiger partial charge in [0, 0.05) is 39.8 Å². The third-order valence-corrected chi connectivity index (χ3v) is 7.02.